The van der Waals surface area contributed by atoms with E-state index in [1.807, 2.05) is 31.2 Å². The fraction of sp³-hybridized carbons (Fsp3) is 0.500. The van der Waals surface area contributed by atoms with Crippen LogP contribution in [0.15, 0.2) is 54.1 Å². The molecule has 1 aromatic carbocycles. The van der Waals surface area contributed by atoms with E-state index >= 15 is 0 Å². The van der Waals surface area contributed by atoms with Gasteiger partial charge in [-0.05, 0) is 31.7 Å². The minimum absolute atomic E-state index is 0.0477. The van der Waals surface area contributed by atoms with E-state index in [0.29, 0.717) is 0 Å². The number of methoxy groups -OCH3 is 1. The number of amides is 2. The van der Waals surface area contributed by atoms with E-state index in [2.05, 4.69) is 24.4 Å². The molecule has 1 fully saturated rings. The molecule has 9 nitrogen and oxygen atoms in total. The lowest BCUT2D eigenvalue weighted by atomic mass is 9.94. The predicted molar refractivity (Wildman–Crippen MR) is 139 cm³/mol. The van der Waals surface area contributed by atoms with Crippen molar-refractivity contribution in [3.63, 3.8) is 0 Å². The average molecular weight is 515 g/mol. The van der Waals surface area contributed by atoms with Gasteiger partial charge < -0.3 is 25.2 Å². The molecule has 1 aliphatic rings. The maximum absolute atomic E-state index is 13.3. The Balaban J connectivity index is 2.20. The number of ether oxygens (including phenoxy) is 1. The number of carbonyl (C=O) groups is 4. The summed E-state index contributed by atoms with van der Waals surface area (Å²) in [6, 6.07) is 6.86. The van der Waals surface area contributed by atoms with E-state index in [1.54, 1.807) is 26.2 Å². The number of hydrogen-bond acceptors (Lipinski definition) is 5. The van der Waals surface area contributed by atoms with Crippen molar-refractivity contribution in [3.05, 3.63) is 59.7 Å². The number of allylic oxidation sites excluding steroid dienone is 2. The van der Waals surface area contributed by atoms with E-state index in [4.69, 9.17) is 4.74 Å². The van der Waals surface area contributed by atoms with Crippen LogP contribution in [-0.2, 0) is 30.3 Å². The molecule has 2 rings (SSSR count). The van der Waals surface area contributed by atoms with E-state index in [-0.39, 0.29) is 30.8 Å². The molecule has 1 saturated heterocycles. The number of carboxylic acids is 2. The molecule has 0 saturated carbocycles. The van der Waals surface area contributed by atoms with Gasteiger partial charge in [-0.25, -0.2) is 9.59 Å². The first-order valence-corrected chi connectivity index (χ1v) is 12.4. The van der Waals surface area contributed by atoms with Gasteiger partial charge in [-0.3, -0.25) is 9.59 Å². The zero-order valence-electron chi connectivity index (χ0n) is 22.1. The van der Waals surface area contributed by atoms with Gasteiger partial charge in [-0.1, -0.05) is 68.0 Å². The van der Waals surface area contributed by atoms with Crippen LogP contribution in [0.5, 0.6) is 0 Å². The van der Waals surface area contributed by atoms with E-state index in [1.165, 1.54) is 12.5 Å². The Hall–Kier alpha value is -3.46. The predicted octanol–water partition coefficient (Wildman–Crippen LogP) is 3.05. The first-order chi connectivity index (χ1) is 17.5. The van der Waals surface area contributed by atoms with Gasteiger partial charge in [0.1, 0.15) is 12.1 Å². The maximum Gasteiger partial charge on any atom is 0.326 e. The molecule has 0 unspecified atom stereocenters. The second-order valence-electron chi connectivity index (χ2n) is 9.64. The summed E-state index contributed by atoms with van der Waals surface area (Å²) in [4.78, 5) is 49.5. The summed E-state index contributed by atoms with van der Waals surface area (Å²) in [5.74, 6) is -4.28. The maximum atomic E-state index is 13.3. The molecule has 1 aromatic rings. The number of nitrogens with one attached hydrogen (secondary N) is 1. The summed E-state index contributed by atoms with van der Waals surface area (Å²) in [6.45, 7) is 6.84. The Morgan fingerprint density at radius 2 is 1.62 bits per heavy atom. The number of carbonyl (C=O) groups excluding carboxylic acids is 2. The smallest absolute Gasteiger partial charge is 0.326 e. The monoisotopic (exact) mass is 514 g/mol. The highest BCUT2D eigenvalue weighted by Gasteiger charge is 2.46. The molecule has 202 valence electrons. The largest absolute Gasteiger partial charge is 0.480 e. The van der Waals surface area contributed by atoms with Crippen LogP contribution in [0.1, 0.15) is 46.1 Å². The van der Waals surface area contributed by atoms with Crippen molar-refractivity contribution >= 4 is 23.8 Å². The molecule has 1 aliphatic heterocycles. The second-order valence-corrected chi connectivity index (χ2v) is 9.64. The molecule has 0 bridgehead atoms. The molecule has 0 spiro atoms. The number of likely N-dealkylation sites (tertiary alicyclic amines) is 1. The van der Waals surface area contributed by atoms with Crippen LogP contribution in [0.3, 0.4) is 0 Å². The summed E-state index contributed by atoms with van der Waals surface area (Å²) >= 11 is 0. The summed E-state index contributed by atoms with van der Waals surface area (Å²) < 4.78 is 5.71. The molecular formula is C28H38N2O7. The molecule has 0 aliphatic carbocycles. The molecule has 1 heterocycles. The van der Waals surface area contributed by atoms with Crippen LogP contribution in [0, 0.1) is 11.8 Å². The van der Waals surface area contributed by atoms with E-state index in [0.717, 1.165) is 16.9 Å². The highest BCUT2D eigenvalue weighted by molar-refractivity contribution is 5.91. The Morgan fingerprint density at radius 1 is 1.05 bits per heavy atom. The third-order valence-electron chi connectivity index (χ3n) is 6.77. The minimum atomic E-state index is -1.24. The van der Waals surface area contributed by atoms with E-state index in [9.17, 15) is 29.4 Å². The van der Waals surface area contributed by atoms with Crippen LogP contribution < -0.4 is 5.32 Å². The molecular weight excluding hydrogens is 476 g/mol. The van der Waals surface area contributed by atoms with E-state index < -0.39 is 41.9 Å². The Bertz CT molecular complexity index is 999. The van der Waals surface area contributed by atoms with Gasteiger partial charge in [0.05, 0.1) is 18.1 Å². The lowest BCUT2D eigenvalue weighted by Crippen LogP contribution is -2.53. The summed E-state index contributed by atoms with van der Waals surface area (Å²) in [6.07, 6.45) is 6.35. The van der Waals surface area contributed by atoms with Crippen molar-refractivity contribution < 1.29 is 34.1 Å². The zero-order valence-corrected chi connectivity index (χ0v) is 22.1. The number of aliphatic carboxylic acids is 2. The van der Waals surface area contributed by atoms with Crippen molar-refractivity contribution in [1.29, 1.82) is 0 Å². The lowest BCUT2D eigenvalue weighted by molar-refractivity contribution is -0.157. The van der Waals surface area contributed by atoms with Gasteiger partial charge in [-0.15, -0.1) is 0 Å². The minimum Gasteiger partial charge on any atom is -0.480 e. The highest BCUT2D eigenvalue weighted by Crippen LogP contribution is 2.28. The lowest BCUT2D eigenvalue weighted by Gasteiger charge is -2.31. The van der Waals surface area contributed by atoms with Crippen molar-refractivity contribution in [2.24, 2.45) is 11.8 Å². The topological polar surface area (TPSA) is 133 Å². The number of benzene rings is 1. The number of carboxylic acid groups (broad SMARTS) is 2. The summed E-state index contributed by atoms with van der Waals surface area (Å²) in [5, 5.41) is 21.8. The van der Waals surface area contributed by atoms with Crippen molar-refractivity contribution in [1.82, 2.24) is 10.2 Å². The first kappa shape index (κ1) is 29.8. The average Bonchev–Trinajstić information content (AvgIpc) is 3.30. The second kappa shape index (κ2) is 13.7. The summed E-state index contributed by atoms with van der Waals surface area (Å²) in [5.41, 5.74) is 2.06. The quantitative estimate of drug-likeness (QED) is 0.365. The van der Waals surface area contributed by atoms with Crippen molar-refractivity contribution in [3.8, 4) is 0 Å². The first-order valence-electron chi connectivity index (χ1n) is 12.4. The molecule has 6 atom stereocenters. The van der Waals surface area contributed by atoms with Crippen molar-refractivity contribution in [2.75, 3.05) is 7.11 Å². The SMILES string of the molecule is CO[C@@H](Cc1ccccc1)[C@@H](C)/C=C(C)/C=C/[C@H](NC(C)=O)[C@H](C)C(=O)N1[C@@H](C(=O)O)CC[C@H]1C(=O)O. The molecule has 3 N–H and O–H groups in total. The number of rotatable bonds is 12. The molecule has 9 heteroatoms. The molecule has 0 aromatic heterocycles. The third kappa shape index (κ3) is 8.28. The fourth-order valence-electron chi connectivity index (χ4n) is 4.73. The Kier molecular flexibility index (Phi) is 11.1. The van der Waals surface area contributed by atoms with Crippen LogP contribution in [0.4, 0.5) is 0 Å². The van der Waals surface area contributed by atoms with Crippen LogP contribution in [0.25, 0.3) is 0 Å². The number of nitrogens with zero attached hydrogens (tertiary/aromatic N) is 1. The van der Waals surface area contributed by atoms with Crippen LogP contribution in [-0.4, -0.2) is 70.2 Å². The molecule has 2 amide bonds. The standard InChI is InChI=1S/C28H38N2O7/c1-17(15-18(2)25(37-5)16-21-9-7-6-8-10-21)11-12-22(29-20(4)31)19(3)26(32)30-23(27(33)34)13-14-24(30)28(35)36/h6-12,15,18-19,22-25H,13-14,16H2,1-5H3,(H,29,31)(H,33,34)(H,35,36)/b12-11+,17-15+/t18-,19-,22-,23-,24+,25-/m0/s1. The highest BCUT2D eigenvalue weighted by atomic mass is 16.5. The fourth-order valence-corrected chi connectivity index (χ4v) is 4.73. The zero-order chi connectivity index (χ0) is 27.7. The van der Waals surface area contributed by atoms with Gasteiger partial charge in [0.25, 0.3) is 0 Å². The Labute approximate surface area is 218 Å². The van der Waals surface area contributed by atoms with Gasteiger partial charge >= 0.3 is 11.9 Å². The number of hydrogen-bond donors (Lipinski definition) is 3. The van der Waals surface area contributed by atoms with Gasteiger partial charge in [0.15, 0.2) is 0 Å². The molecule has 37 heavy (non-hydrogen) atoms. The van der Waals surface area contributed by atoms with Crippen molar-refractivity contribution in [2.45, 2.75) is 71.2 Å². The van der Waals surface area contributed by atoms with Gasteiger partial charge in [0.2, 0.25) is 11.8 Å². The Morgan fingerprint density at radius 3 is 2.11 bits per heavy atom. The van der Waals surface area contributed by atoms with Gasteiger partial charge in [0, 0.05) is 20.0 Å². The third-order valence-corrected chi connectivity index (χ3v) is 6.77. The van der Waals surface area contributed by atoms with Gasteiger partial charge in [-0.2, -0.15) is 0 Å². The van der Waals surface area contributed by atoms with Crippen LogP contribution in [0.2, 0.25) is 0 Å². The molecule has 0 radical (unpaired) electrons. The summed E-state index contributed by atoms with van der Waals surface area (Å²) in [7, 11) is 1.68. The normalized spacial score (nSPS) is 21.3. The van der Waals surface area contributed by atoms with Crippen LogP contribution >= 0.6 is 0 Å².